The van der Waals surface area contributed by atoms with Crippen molar-refractivity contribution in [3.8, 4) is 0 Å². The molecule has 2 rings (SSSR count). The van der Waals surface area contributed by atoms with Crippen LogP contribution in [0.15, 0.2) is 43.6 Å². The van der Waals surface area contributed by atoms with E-state index in [2.05, 4.69) is 25.9 Å². The summed E-state index contributed by atoms with van der Waals surface area (Å²) in [5.74, 6) is 0.168. The maximum absolute atomic E-state index is 11.3. The van der Waals surface area contributed by atoms with Crippen molar-refractivity contribution in [1.29, 1.82) is 0 Å². The van der Waals surface area contributed by atoms with Crippen molar-refractivity contribution >= 4 is 33.5 Å². The summed E-state index contributed by atoms with van der Waals surface area (Å²) in [7, 11) is 0. The molecule has 0 amide bonds. The number of nitrogen functional groups attached to an aromatic ring is 1. The Morgan fingerprint density at radius 1 is 1.47 bits per heavy atom. The Hall–Kier alpha value is -1.31. The molecule has 1 aromatic carbocycles. The van der Waals surface area contributed by atoms with Gasteiger partial charge < -0.3 is 15.8 Å². The van der Waals surface area contributed by atoms with Crippen LogP contribution in [0.2, 0.25) is 0 Å². The van der Waals surface area contributed by atoms with Gasteiger partial charge in [0.25, 0.3) is 5.56 Å². The van der Waals surface area contributed by atoms with Gasteiger partial charge in [-0.1, -0.05) is 27.7 Å². The minimum absolute atomic E-state index is 0.168. The van der Waals surface area contributed by atoms with Gasteiger partial charge in [-0.05, 0) is 30.7 Å². The standard InChI is InChI=1S/C12H12BrN3O2S/c1-6(17)8-4-7(13)2-3-9(8)19-12-15-10(14)5-11(18)16-12/h2-6,17H,1H3,(H3,14,15,16,18). The number of hydrogen-bond donors (Lipinski definition) is 3. The van der Waals surface area contributed by atoms with E-state index in [0.717, 1.165) is 14.9 Å². The molecule has 1 aromatic heterocycles. The van der Waals surface area contributed by atoms with Crippen LogP contribution in [0.25, 0.3) is 0 Å². The zero-order valence-electron chi connectivity index (χ0n) is 10.1. The van der Waals surface area contributed by atoms with Gasteiger partial charge in [0.15, 0.2) is 5.16 Å². The van der Waals surface area contributed by atoms with Crippen molar-refractivity contribution in [2.75, 3.05) is 5.73 Å². The Kier molecular flexibility index (Phi) is 4.28. The van der Waals surface area contributed by atoms with Gasteiger partial charge in [-0.25, -0.2) is 4.98 Å². The van der Waals surface area contributed by atoms with Crippen LogP contribution in [0.4, 0.5) is 5.82 Å². The summed E-state index contributed by atoms with van der Waals surface area (Å²) in [5.41, 5.74) is 5.99. The molecule has 0 radical (unpaired) electrons. The third-order valence-electron chi connectivity index (χ3n) is 2.37. The highest BCUT2D eigenvalue weighted by molar-refractivity contribution is 9.10. The zero-order valence-corrected chi connectivity index (χ0v) is 12.5. The molecule has 7 heteroatoms. The highest BCUT2D eigenvalue weighted by atomic mass is 79.9. The summed E-state index contributed by atoms with van der Waals surface area (Å²) in [6.45, 7) is 1.68. The van der Waals surface area contributed by atoms with Crippen molar-refractivity contribution < 1.29 is 5.11 Å². The fourth-order valence-corrected chi connectivity index (χ4v) is 2.92. The molecule has 4 N–H and O–H groups in total. The number of rotatable bonds is 3. The molecule has 2 aromatic rings. The molecular weight excluding hydrogens is 330 g/mol. The van der Waals surface area contributed by atoms with Crippen LogP contribution in [-0.2, 0) is 0 Å². The lowest BCUT2D eigenvalue weighted by Crippen LogP contribution is -2.09. The van der Waals surface area contributed by atoms with E-state index in [1.165, 1.54) is 17.8 Å². The third-order valence-corrected chi connectivity index (χ3v) is 3.84. The lowest BCUT2D eigenvalue weighted by Gasteiger charge is -2.11. The second-order valence-electron chi connectivity index (χ2n) is 3.94. The van der Waals surface area contributed by atoms with Crippen LogP contribution >= 0.6 is 27.7 Å². The number of aliphatic hydroxyl groups is 1. The van der Waals surface area contributed by atoms with Crippen LogP contribution in [0, 0.1) is 0 Å². The first-order valence-corrected chi connectivity index (χ1v) is 7.09. The number of halogens is 1. The van der Waals surface area contributed by atoms with Crippen molar-refractivity contribution in [2.45, 2.75) is 23.1 Å². The number of nitrogens with zero attached hydrogens (tertiary/aromatic N) is 1. The van der Waals surface area contributed by atoms with E-state index in [1.807, 2.05) is 18.2 Å². The predicted molar refractivity (Wildman–Crippen MR) is 78.2 cm³/mol. The van der Waals surface area contributed by atoms with E-state index in [-0.39, 0.29) is 11.4 Å². The number of nitrogens with two attached hydrogens (primary N) is 1. The van der Waals surface area contributed by atoms with Gasteiger partial charge in [-0.15, -0.1) is 0 Å². The van der Waals surface area contributed by atoms with E-state index in [0.29, 0.717) is 5.16 Å². The van der Waals surface area contributed by atoms with E-state index in [1.54, 1.807) is 6.92 Å². The first-order chi connectivity index (χ1) is 8.95. The number of aromatic nitrogens is 2. The minimum atomic E-state index is -0.618. The summed E-state index contributed by atoms with van der Waals surface area (Å²) < 4.78 is 0.877. The third kappa shape index (κ3) is 3.59. The van der Waals surface area contributed by atoms with Gasteiger partial charge in [0, 0.05) is 15.4 Å². The Balaban J connectivity index is 2.40. The Labute approximate surface area is 122 Å². The van der Waals surface area contributed by atoms with Crippen LogP contribution in [0.3, 0.4) is 0 Å². The molecule has 0 spiro atoms. The van der Waals surface area contributed by atoms with Crippen LogP contribution < -0.4 is 11.3 Å². The molecule has 0 fully saturated rings. The highest BCUT2D eigenvalue weighted by Crippen LogP contribution is 2.33. The SMILES string of the molecule is CC(O)c1cc(Br)ccc1Sc1nc(N)cc(=O)[nH]1. The predicted octanol–water partition coefficient (Wildman–Crippen LogP) is 2.32. The number of aliphatic hydroxyl groups excluding tert-OH is 1. The van der Waals surface area contributed by atoms with E-state index < -0.39 is 6.10 Å². The molecule has 1 heterocycles. The quantitative estimate of drug-likeness (QED) is 0.745. The summed E-state index contributed by atoms with van der Waals surface area (Å²) in [6.07, 6.45) is -0.618. The molecule has 19 heavy (non-hydrogen) atoms. The fraction of sp³-hybridized carbons (Fsp3) is 0.167. The molecule has 1 atom stereocenters. The number of nitrogens with one attached hydrogen (secondary N) is 1. The minimum Gasteiger partial charge on any atom is -0.389 e. The zero-order chi connectivity index (χ0) is 14.0. The van der Waals surface area contributed by atoms with Crippen LogP contribution in [0.1, 0.15) is 18.6 Å². The molecule has 0 bridgehead atoms. The number of benzene rings is 1. The van der Waals surface area contributed by atoms with Gasteiger partial charge in [0.05, 0.1) is 6.10 Å². The van der Waals surface area contributed by atoms with E-state index in [4.69, 9.17) is 5.73 Å². The van der Waals surface area contributed by atoms with Gasteiger partial charge in [-0.3, -0.25) is 4.79 Å². The topological polar surface area (TPSA) is 92.0 Å². The summed E-state index contributed by atoms with van der Waals surface area (Å²) in [6, 6.07) is 6.76. The second kappa shape index (κ2) is 5.77. The fourth-order valence-electron chi connectivity index (χ4n) is 1.54. The largest absolute Gasteiger partial charge is 0.389 e. The van der Waals surface area contributed by atoms with Gasteiger partial charge >= 0.3 is 0 Å². The number of hydrogen-bond acceptors (Lipinski definition) is 5. The molecule has 0 aliphatic heterocycles. The molecule has 0 aliphatic rings. The average Bonchev–Trinajstić information content (AvgIpc) is 2.30. The summed E-state index contributed by atoms with van der Waals surface area (Å²) >= 11 is 4.61. The lowest BCUT2D eigenvalue weighted by molar-refractivity contribution is 0.196. The Morgan fingerprint density at radius 3 is 2.84 bits per heavy atom. The Morgan fingerprint density at radius 2 is 2.21 bits per heavy atom. The molecule has 1 unspecified atom stereocenters. The maximum atomic E-state index is 11.3. The smallest absolute Gasteiger partial charge is 0.253 e. The van der Waals surface area contributed by atoms with E-state index in [9.17, 15) is 9.90 Å². The molecule has 100 valence electrons. The number of anilines is 1. The summed E-state index contributed by atoms with van der Waals surface area (Å²) in [4.78, 5) is 18.8. The van der Waals surface area contributed by atoms with E-state index >= 15 is 0 Å². The lowest BCUT2D eigenvalue weighted by atomic mass is 10.1. The first-order valence-electron chi connectivity index (χ1n) is 5.48. The molecule has 0 saturated heterocycles. The number of H-pyrrole nitrogens is 1. The monoisotopic (exact) mass is 341 g/mol. The van der Waals surface area contributed by atoms with Gasteiger partial charge in [0.1, 0.15) is 5.82 Å². The second-order valence-corrected chi connectivity index (χ2v) is 5.88. The molecule has 5 nitrogen and oxygen atoms in total. The normalized spacial score (nSPS) is 12.4. The van der Waals surface area contributed by atoms with Crippen molar-refractivity contribution in [1.82, 2.24) is 9.97 Å². The van der Waals surface area contributed by atoms with Crippen LogP contribution in [0.5, 0.6) is 0 Å². The number of aromatic amines is 1. The van der Waals surface area contributed by atoms with Gasteiger partial charge in [0.2, 0.25) is 0 Å². The molecule has 0 aliphatic carbocycles. The van der Waals surface area contributed by atoms with Crippen molar-refractivity contribution in [2.24, 2.45) is 0 Å². The maximum Gasteiger partial charge on any atom is 0.253 e. The van der Waals surface area contributed by atoms with Crippen molar-refractivity contribution in [3.05, 3.63) is 44.7 Å². The summed E-state index contributed by atoms with van der Waals surface area (Å²) in [5, 5.41) is 10.2. The van der Waals surface area contributed by atoms with Crippen LogP contribution in [-0.4, -0.2) is 15.1 Å². The molecular formula is C12H12BrN3O2S. The highest BCUT2D eigenvalue weighted by Gasteiger charge is 2.11. The Bertz CT molecular complexity index is 658. The first kappa shape index (κ1) is 14.1. The average molecular weight is 342 g/mol. The van der Waals surface area contributed by atoms with Crippen molar-refractivity contribution in [3.63, 3.8) is 0 Å². The molecule has 0 saturated carbocycles. The van der Waals surface area contributed by atoms with Gasteiger partial charge in [-0.2, -0.15) is 0 Å².